The molecule has 0 atom stereocenters. The molecule has 3 aromatic rings. The third-order valence-electron chi connectivity index (χ3n) is 3.11. The zero-order chi connectivity index (χ0) is 15.4. The molecule has 0 aliphatic carbocycles. The summed E-state index contributed by atoms with van der Waals surface area (Å²) in [6, 6.07) is 10.2. The molecule has 0 N–H and O–H groups in total. The molecule has 0 amide bonds. The van der Waals surface area contributed by atoms with Crippen LogP contribution in [0.5, 0.6) is 11.8 Å². The van der Waals surface area contributed by atoms with Crippen LogP contribution in [0.3, 0.4) is 0 Å². The Labute approximate surface area is 131 Å². The van der Waals surface area contributed by atoms with E-state index in [1.54, 1.807) is 24.6 Å². The normalized spacial score (nSPS) is 10.8. The van der Waals surface area contributed by atoms with Crippen molar-refractivity contribution in [3.63, 3.8) is 0 Å². The van der Waals surface area contributed by atoms with Crippen molar-refractivity contribution in [2.24, 2.45) is 0 Å². The predicted molar refractivity (Wildman–Crippen MR) is 85.5 cm³/mol. The molecular weight excluding hydrogens is 303 g/mol. The van der Waals surface area contributed by atoms with E-state index in [1.165, 1.54) is 0 Å². The van der Waals surface area contributed by atoms with Gasteiger partial charge in [-0.2, -0.15) is 4.98 Å². The first kappa shape index (κ1) is 14.7. The molecule has 0 aliphatic rings. The third kappa shape index (κ3) is 3.17. The van der Waals surface area contributed by atoms with Gasteiger partial charge in [-0.25, -0.2) is 4.98 Å². The quantitative estimate of drug-likeness (QED) is 0.642. The lowest BCUT2D eigenvalue weighted by atomic mass is 10.2. The number of thiophene rings is 1. The van der Waals surface area contributed by atoms with Gasteiger partial charge in [-0.1, -0.05) is 0 Å². The number of nitrogens with zero attached hydrogens (tertiary/aromatic N) is 2. The number of aromatic nitrogens is 2. The van der Waals surface area contributed by atoms with Crippen molar-refractivity contribution in [2.45, 2.75) is 6.42 Å². The van der Waals surface area contributed by atoms with Crippen LogP contribution in [0, 0.1) is 0 Å². The van der Waals surface area contributed by atoms with Gasteiger partial charge in [0, 0.05) is 17.3 Å². The summed E-state index contributed by atoms with van der Waals surface area (Å²) in [5.41, 5.74) is 0.827. The average Bonchev–Trinajstić information content (AvgIpc) is 2.98. The number of rotatable bonds is 6. The van der Waals surface area contributed by atoms with Gasteiger partial charge < -0.3 is 9.47 Å². The Bertz CT molecular complexity index is 776. The number of alkyl halides is 1. The first-order valence-corrected chi connectivity index (χ1v) is 7.71. The monoisotopic (exact) mass is 318 g/mol. The van der Waals surface area contributed by atoms with E-state index < -0.39 is 0 Å². The first-order chi connectivity index (χ1) is 10.8. The predicted octanol–water partition coefficient (Wildman–Crippen LogP) is 4.11. The minimum absolute atomic E-state index is 0.352. The Morgan fingerprint density at radius 3 is 2.95 bits per heavy atom. The van der Waals surface area contributed by atoms with E-state index in [0.29, 0.717) is 19.0 Å². The van der Waals surface area contributed by atoms with Crippen LogP contribution in [0.4, 0.5) is 4.39 Å². The highest BCUT2D eigenvalue weighted by Gasteiger charge is 2.08. The van der Waals surface area contributed by atoms with Gasteiger partial charge in [-0.05, 0) is 35.7 Å². The lowest BCUT2D eigenvalue weighted by molar-refractivity contribution is 0.290. The fourth-order valence-corrected chi connectivity index (χ4v) is 3.11. The smallest absolute Gasteiger partial charge is 0.316 e. The Morgan fingerprint density at radius 2 is 2.14 bits per heavy atom. The highest BCUT2D eigenvalue weighted by molar-refractivity contribution is 7.22. The van der Waals surface area contributed by atoms with Crippen molar-refractivity contribution in [3.8, 4) is 22.3 Å². The molecule has 0 spiro atoms. The summed E-state index contributed by atoms with van der Waals surface area (Å²) in [4.78, 5) is 9.40. The minimum Gasteiger partial charge on any atom is -0.493 e. The topological polar surface area (TPSA) is 44.2 Å². The molecule has 0 bridgehead atoms. The molecule has 2 heterocycles. The van der Waals surface area contributed by atoms with E-state index >= 15 is 0 Å². The SMILES string of the molecule is COc1nccc(-c2cc3ccc(OCCCF)cc3s2)n1. The van der Waals surface area contributed by atoms with E-state index in [4.69, 9.17) is 9.47 Å². The second-order valence-corrected chi connectivity index (χ2v) is 5.71. The van der Waals surface area contributed by atoms with Crippen molar-refractivity contribution < 1.29 is 13.9 Å². The fourth-order valence-electron chi connectivity index (χ4n) is 2.05. The number of halogens is 1. The van der Waals surface area contributed by atoms with Gasteiger partial charge >= 0.3 is 6.01 Å². The first-order valence-electron chi connectivity index (χ1n) is 6.90. The lowest BCUT2D eigenvalue weighted by Crippen LogP contribution is -1.97. The second kappa shape index (κ2) is 6.70. The van der Waals surface area contributed by atoms with Crippen LogP contribution in [0.15, 0.2) is 36.5 Å². The molecule has 0 radical (unpaired) electrons. The number of hydrogen-bond donors (Lipinski definition) is 0. The van der Waals surface area contributed by atoms with Crippen LogP contribution < -0.4 is 9.47 Å². The van der Waals surface area contributed by atoms with E-state index in [-0.39, 0.29) is 6.67 Å². The second-order valence-electron chi connectivity index (χ2n) is 4.63. The minimum atomic E-state index is -0.360. The van der Waals surface area contributed by atoms with Gasteiger partial charge in [0.15, 0.2) is 0 Å². The Balaban J connectivity index is 1.88. The van der Waals surface area contributed by atoms with E-state index in [0.717, 1.165) is 26.4 Å². The Hall–Kier alpha value is -2.21. The van der Waals surface area contributed by atoms with E-state index in [9.17, 15) is 4.39 Å². The molecule has 114 valence electrons. The van der Waals surface area contributed by atoms with Crippen LogP contribution in [-0.2, 0) is 0 Å². The standard InChI is InChI=1S/C16H15FN2O2S/c1-20-16-18-7-5-13(19-16)15-9-11-3-4-12(10-14(11)22-15)21-8-2-6-17/h3-5,7,9-10H,2,6,8H2,1H3. The van der Waals surface area contributed by atoms with Gasteiger partial charge in [0.1, 0.15) is 5.75 Å². The Kier molecular flexibility index (Phi) is 4.48. The zero-order valence-corrected chi connectivity index (χ0v) is 12.9. The summed E-state index contributed by atoms with van der Waals surface area (Å²) in [6.45, 7) is 0.0320. The summed E-state index contributed by atoms with van der Waals surface area (Å²) in [5, 5.41) is 1.12. The molecule has 0 fully saturated rings. The molecule has 0 saturated heterocycles. The van der Waals surface area contributed by atoms with Crippen molar-refractivity contribution in [1.29, 1.82) is 0 Å². The molecule has 0 saturated carbocycles. The number of fused-ring (bicyclic) bond motifs is 1. The molecular formula is C16H15FN2O2S. The Morgan fingerprint density at radius 1 is 1.23 bits per heavy atom. The number of ether oxygens (including phenoxy) is 2. The average molecular weight is 318 g/mol. The number of benzene rings is 1. The molecule has 2 aromatic heterocycles. The molecule has 0 unspecified atom stereocenters. The third-order valence-corrected chi connectivity index (χ3v) is 4.23. The largest absolute Gasteiger partial charge is 0.493 e. The van der Waals surface area contributed by atoms with Crippen molar-refractivity contribution in [3.05, 3.63) is 36.5 Å². The van der Waals surface area contributed by atoms with Gasteiger partial charge in [0.05, 0.1) is 31.0 Å². The maximum absolute atomic E-state index is 12.1. The number of hydrogen-bond acceptors (Lipinski definition) is 5. The van der Waals surface area contributed by atoms with Crippen molar-refractivity contribution in [2.75, 3.05) is 20.4 Å². The van der Waals surface area contributed by atoms with Crippen LogP contribution in [0.25, 0.3) is 20.7 Å². The summed E-state index contributed by atoms with van der Waals surface area (Å²) in [5.74, 6) is 0.759. The molecule has 4 nitrogen and oxygen atoms in total. The fraction of sp³-hybridized carbons (Fsp3) is 0.250. The van der Waals surface area contributed by atoms with E-state index in [1.807, 2.05) is 24.3 Å². The van der Waals surface area contributed by atoms with Crippen LogP contribution >= 0.6 is 11.3 Å². The molecule has 6 heteroatoms. The van der Waals surface area contributed by atoms with Gasteiger partial charge in [0.2, 0.25) is 0 Å². The van der Waals surface area contributed by atoms with E-state index in [2.05, 4.69) is 16.0 Å². The van der Waals surface area contributed by atoms with Gasteiger partial charge in [0.25, 0.3) is 0 Å². The molecule has 22 heavy (non-hydrogen) atoms. The number of methoxy groups -OCH3 is 1. The highest BCUT2D eigenvalue weighted by Crippen LogP contribution is 2.34. The molecule has 0 aliphatic heterocycles. The zero-order valence-electron chi connectivity index (χ0n) is 12.1. The van der Waals surface area contributed by atoms with Gasteiger partial charge in [-0.3, -0.25) is 4.39 Å². The van der Waals surface area contributed by atoms with Crippen LogP contribution in [-0.4, -0.2) is 30.4 Å². The van der Waals surface area contributed by atoms with Crippen molar-refractivity contribution in [1.82, 2.24) is 9.97 Å². The molecule has 1 aromatic carbocycles. The summed E-state index contributed by atoms with van der Waals surface area (Å²) in [7, 11) is 1.55. The van der Waals surface area contributed by atoms with Crippen LogP contribution in [0.1, 0.15) is 6.42 Å². The molecule has 3 rings (SSSR count). The maximum Gasteiger partial charge on any atom is 0.316 e. The lowest BCUT2D eigenvalue weighted by Gasteiger charge is -2.03. The summed E-state index contributed by atoms with van der Waals surface area (Å²) < 4.78 is 23.8. The van der Waals surface area contributed by atoms with Gasteiger partial charge in [-0.15, -0.1) is 11.3 Å². The van der Waals surface area contributed by atoms with Crippen LogP contribution in [0.2, 0.25) is 0 Å². The summed E-state index contributed by atoms with van der Waals surface area (Å²) in [6.07, 6.45) is 2.09. The highest BCUT2D eigenvalue weighted by atomic mass is 32.1. The summed E-state index contributed by atoms with van der Waals surface area (Å²) >= 11 is 1.62. The maximum atomic E-state index is 12.1. The van der Waals surface area contributed by atoms with Crippen molar-refractivity contribution >= 4 is 21.4 Å².